The van der Waals surface area contributed by atoms with Crippen molar-refractivity contribution in [3.8, 4) is 0 Å². The van der Waals surface area contributed by atoms with Crippen molar-refractivity contribution in [1.82, 2.24) is 9.80 Å². The SMILES string of the molecule is CC(C)(C)OC(=O)CC[C@H](C(N)=O)N1Cc2ccc(N3CCN(C(=O)OC(C)(C)C)CC3)cc2C1. The molecule has 2 amide bonds. The number of hydrogen-bond acceptors (Lipinski definition) is 7. The summed E-state index contributed by atoms with van der Waals surface area (Å²) in [4.78, 5) is 42.7. The van der Waals surface area contributed by atoms with E-state index in [1.54, 1.807) is 4.90 Å². The lowest BCUT2D eigenvalue weighted by Gasteiger charge is -2.37. The van der Waals surface area contributed by atoms with Gasteiger partial charge >= 0.3 is 12.1 Å². The molecule has 2 aliphatic rings. The largest absolute Gasteiger partial charge is 0.460 e. The van der Waals surface area contributed by atoms with E-state index < -0.39 is 23.2 Å². The van der Waals surface area contributed by atoms with E-state index in [0.29, 0.717) is 32.6 Å². The van der Waals surface area contributed by atoms with Gasteiger partial charge in [-0.1, -0.05) is 6.07 Å². The van der Waals surface area contributed by atoms with E-state index in [1.807, 2.05) is 46.4 Å². The fourth-order valence-electron chi connectivity index (χ4n) is 4.45. The second-order valence-electron chi connectivity index (χ2n) is 11.4. The molecule has 1 atom stereocenters. The number of carbonyl (C=O) groups excluding carboxylic acids is 3. The summed E-state index contributed by atoms with van der Waals surface area (Å²) in [5, 5.41) is 0. The number of anilines is 1. The number of esters is 1. The summed E-state index contributed by atoms with van der Waals surface area (Å²) in [6.45, 7) is 14.9. The van der Waals surface area contributed by atoms with Gasteiger partial charge in [0.2, 0.25) is 5.91 Å². The normalized spacial score (nSPS) is 17.7. The van der Waals surface area contributed by atoms with Crippen LogP contribution in [0.2, 0.25) is 0 Å². The summed E-state index contributed by atoms with van der Waals surface area (Å²) in [6.07, 6.45) is 0.202. The molecule has 1 fully saturated rings. The summed E-state index contributed by atoms with van der Waals surface area (Å²) in [5.74, 6) is -0.756. The Balaban J connectivity index is 1.58. The van der Waals surface area contributed by atoms with Gasteiger partial charge in [-0.15, -0.1) is 0 Å². The first-order valence-electron chi connectivity index (χ1n) is 12.3. The third-order valence-electron chi connectivity index (χ3n) is 6.04. The van der Waals surface area contributed by atoms with Crippen LogP contribution in [0.15, 0.2) is 18.2 Å². The number of fused-ring (bicyclic) bond motifs is 1. The van der Waals surface area contributed by atoms with Gasteiger partial charge in [0.25, 0.3) is 0 Å². The summed E-state index contributed by atoms with van der Waals surface area (Å²) >= 11 is 0. The molecular formula is C26H40N4O5. The van der Waals surface area contributed by atoms with Gasteiger partial charge in [0, 0.05) is 51.4 Å². The van der Waals surface area contributed by atoms with Crippen molar-refractivity contribution >= 4 is 23.7 Å². The molecule has 0 spiro atoms. The van der Waals surface area contributed by atoms with E-state index in [-0.39, 0.29) is 18.5 Å². The van der Waals surface area contributed by atoms with Crippen LogP contribution in [-0.4, -0.2) is 71.2 Å². The lowest BCUT2D eigenvalue weighted by atomic mass is 10.1. The van der Waals surface area contributed by atoms with E-state index in [4.69, 9.17) is 15.2 Å². The van der Waals surface area contributed by atoms with Crippen LogP contribution >= 0.6 is 0 Å². The van der Waals surface area contributed by atoms with E-state index >= 15 is 0 Å². The van der Waals surface area contributed by atoms with Crippen LogP contribution in [0.4, 0.5) is 10.5 Å². The Bertz CT molecular complexity index is 942. The van der Waals surface area contributed by atoms with Crippen LogP contribution in [-0.2, 0) is 32.2 Å². The van der Waals surface area contributed by atoms with Crippen LogP contribution in [0.3, 0.4) is 0 Å². The van der Waals surface area contributed by atoms with Gasteiger partial charge in [-0.05, 0) is 71.2 Å². The van der Waals surface area contributed by atoms with E-state index in [1.165, 1.54) is 0 Å². The molecule has 9 nitrogen and oxygen atoms in total. The minimum atomic E-state index is -0.558. The summed E-state index contributed by atoms with van der Waals surface area (Å²) < 4.78 is 10.9. The zero-order valence-corrected chi connectivity index (χ0v) is 21.9. The molecule has 35 heavy (non-hydrogen) atoms. The monoisotopic (exact) mass is 488 g/mol. The minimum Gasteiger partial charge on any atom is -0.460 e. The predicted molar refractivity (Wildman–Crippen MR) is 134 cm³/mol. The molecule has 0 aromatic heterocycles. The van der Waals surface area contributed by atoms with Gasteiger partial charge in [0.05, 0.1) is 6.04 Å². The molecule has 0 bridgehead atoms. The van der Waals surface area contributed by atoms with Crippen molar-refractivity contribution in [3.05, 3.63) is 29.3 Å². The van der Waals surface area contributed by atoms with Gasteiger partial charge in [0.15, 0.2) is 0 Å². The number of carbonyl (C=O) groups is 3. The van der Waals surface area contributed by atoms with Crippen molar-refractivity contribution in [2.24, 2.45) is 5.73 Å². The molecule has 0 radical (unpaired) electrons. The zero-order valence-electron chi connectivity index (χ0n) is 21.9. The Kier molecular flexibility index (Phi) is 7.99. The van der Waals surface area contributed by atoms with Gasteiger partial charge < -0.3 is 25.0 Å². The molecule has 1 aromatic rings. The first-order valence-corrected chi connectivity index (χ1v) is 12.3. The molecule has 0 unspecified atom stereocenters. The van der Waals surface area contributed by atoms with Gasteiger partial charge in [-0.2, -0.15) is 0 Å². The third-order valence-corrected chi connectivity index (χ3v) is 6.04. The third kappa shape index (κ3) is 7.59. The summed E-state index contributed by atoms with van der Waals surface area (Å²) in [6, 6.07) is 5.81. The number of rotatable bonds is 6. The highest BCUT2D eigenvalue weighted by molar-refractivity contribution is 5.81. The van der Waals surface area contributed by atoms with Crippen LogP contribution in [0.25, 0.3) is 0 Å². The fourth-order valence-corrected chi connectivity index (χ4v) is 4.45. The zero-order chi connectivity index (χ0) is 26.0. The number of primary amides is 1. The van der Waals surface area contributed by atoms with Gasteiger partial charge in [-0.25, -0.2) is 4.79 Å². The highest BCUT2D eigenvalue weighted by atomic mass is 16.6. The average Bonchev–Trinajstić information content (AvgIpc) is 3.14. The standard InChI is InChI=1S/C26H40N4O5/c1-25(2,3)34-22(31)10-9-21(23(27)32)30-16-18-7-8-20(15-19(18)17-30)28-11-13-29(14-12-28)24(33)35-26(4,5)6/h7-8,15,21H,9-14,16-17H2,1-6H3,(H2,27,32)/t21-/m1/s1. The Morgan fingerprint density at radius 3 is 2.09 bits per heavy atom. The molecule has 194 valence electrons. The second-order valence-corrected chi connectivity index (χ2v) is 11.4. The maximum Gasteiger partial charge on any atom is 0.410 e. The van der Waals surface area contributed by atoms with Crippen molar-refractivity contribution in [1.29, 1.82) is 0 Å². The van der Waals surface area contributed by atoms with Crippen LogP contribution in [0.5, 0.6) is 0 Å². The number of amides is 2. The van der Waals surface area contributed by atoms with Gasteiger partial charge in [0.1, 0.15) is 11.2 Å². The Morgan fingerprint density at radius 1 is 0.914 bits per heavy atom. The summed E-state index contributed by atoms with van der Waals surface area (Å²) in [5.41, 5.74) is 8.05. The lowest BCUT2D eigenvalue weighted by Crippen LogP contribution is -2.50. The molecule has 9 heteroatoms. The highest BCUT2D eigenvalue weighted by Gasteiger charge is 2.31. The summed E-state index contributed by atoms with van der Waals surface area (Å²) in [7, 11) is 0. The maximum absolute atomic E-state index is 12.3. The Labute approximate surface area is 208 Å². The molecule has 1 aromatic carbocycles. The van der Waals surface area contributed by atoms with Crippen molar-refractivity contribution in [2.45, 2.75) is 84.7 Å². The van der Waals surface area contributed by atoms with Crippen LogP contribution in [0.1, 0.15) is 65.5 Å². The maximum atomic E-state index is 12.3. The van der Waals surface area contributed by atoms with Crippen LogP contribution < -0.4 is 10.6 Å². The number of nitrogens with two attached hydrogens (primary N) is 1. The molecular weight excluding hydrogens is 448 g/mol. The first-order chi connectivity index (χ1) is 16.2. The van der Waals surface area contributed by atoms with E-state index in [2.05, 4.69) is 23.1 Å². The van der Waals surface area contributed by atoms with Crippen molar-refractivity contribution in [3.63, 3.8) is 0 Å². The topological polar surface area (TPSA) is 105 Å². The number of ether oxygens (including phenoxy) is 2. The Morgan fingerprint density at radius 2 is 1.51 bits per heavy atom. The van der Waals surface area contributed by atoms with Crippen molar-refractivity contribution < 1.29 is 23.9 Å². The number of hydrogen-bond donors (Lipinski definition) is 1. The van der Waals surface area contributed by atoms with Gasteiger partial charge in [-0.3, -0.25) is 14.5 Å². The smallest absolute Gasteiger partial charge is 0.410 e. The minimum absolute atomic E-state index is 0.144. The number of piperazine rings is 1. The average molecular weight is 489 g/mol. The van der Waals surface area contributed by atoms with E-state index in [0.717, 1.165) is 29.9 Å². The number of nitrogens with zero attached hydrogens (tertiary/aromatic N) is 3. The molecule has 1 saturated heterocycles. The molecule has 2 heterocycles. The molecule has 2 aliphatic heterocycles. The Hall–Kier alpha value is -2.81. The number of benzene rings is 1. The van der Waals surface area contributed by atoms with Crippen LogP contribution in [0, 0.1) is 0 Å². The molecule has 0 saturated carbocycles. The lowest BCUT2D eigenvalue weighted by molar-refractivity contribution is -0.155. The predicted octanol–water partition coefficient (Wildman–Crippen LogP) is 3.04. The first kappa shape index (κ1) is 26.8. The molecule has 2 N–H and O–H groups in total. The molecule has 0 aliphatic carbocycles. The second kappa shape index (κ2) is 10.4. The van der Waals surface area contributed by atoms with E-state index in [9.17, 15) is 14.4 Å². The van der Waals surface area contributed by atoms with Crippen molar-refractivity contribution in [2.75, 3.05) is 31.1 Å². The highest BCUT2D eigenvalue weighted by Crippen LogP contribution is 2.30. The quantitative estimate of drug-likeness (QED) is 0.614. The fraction of sp³-hybridized carbons (Fsp3) is 0.654. The molecule has 3 rings (SSSR count).